The molecule has 1 N–H and O–H groups in total. The number of ether oxygens (including phenoxy) is 1. The van der Waals surface area contributed by atoms with Gasteiger partial charge in [-0.15, -0.1) is 0 Å². The number of para-hydroxylation sites is 1. The number of carbonyl (C=O) groups is 1. The summed E-state index contributed by atoms with van der Waals surface area (Å²) in [5, 5.41) is 4.92. The minimum atomic E-state index is -0.00263. The Kier molecular flexibility index (Phi) is 5.59. The van der Waals surface area contributed by atoms with Gasteiger partial charge in [0, 0.05) is 18.5 Å². The van der Waals surface area contributed by atoms with Gasteiger partial charge in [0.05, 0.1) is 22.9 Å². The SMILES string of the molecule is COCC(C)NC(=O)CSc1cc(C)c2ccccc2n1. The Morgan fingerprint density at radius 3 is 2.95 bits per heavy atom. The fourth-order valence-electron chi connectivity index (χ4n) is 2.14. The fraction of sp³-hybridized carbons (Fsp3) is 0.375. The summed E-state index contributed by atoms with van der Waals surface area (Å²) in [4.78, 5) is 16.4. The minimum absolute atomic E-state index is 0.00263. The van der Waals surface area contributed by atoms with Crippen molar-refractivity contribution in [1.29, 1.82) is 0 Å². The molecule has 0 spiro atoms. The molecule has 1 atom stereocenters. The molecule has 4 nitrogen and oxygen atoms in total. The first-order valence-electron chi connectivity index (χ1n) is 6.87. The standard InChI is InChI=1S/C16H20N2O2S/c1-11-8-16(18-14-7-5-4-6-13(11)14)21-10-15(19)17-12(2)9-20-3/h4-8,12H,9-10H2,1-3H3,(H,17,19). The van der Waals surface area contributed by atoms with E-state index in [0.717, 1.165) is 15.9 Å². The fourth-order valence-corrected chi connectivity index (χ4v) is 2.93. The molecule has 0 aliphatic rings. The first-order chi connectivity index (χ1) is 10.1. The van der Waals surface area contributed by atoms with Gasteiger partial charge >= 0.3 is 0 Å². The number of aromatic nitrogens is 1. The van der Waals surface area contributed by atoms with Crippen LogP contribution in [0.1, 0.15) is 12.5 Å². The first kappa shape index (κ1) is 15.8. The van der Waals surface area contributed by atoms with E-state index in [1.165, 1.54) is 17.3 Å². The largest absolute Gasteiger partial charge is 0.383 e. The number of hydrogen-bond donors (Lipinski definition) is 1. The normalized spacial score (nSPS) is 12.3. The third-order valence-electron chi connectivity index (χ3n) is 3.07. The number of aryl methyl sites for hydroxylation is 1. The average molecular weight is 304 g/mol. The number of amides is 1. The Labute approximate surface area is 129 Å². The summed E-state index contributed by atoms with van der Waals surface area (Å²) in [5.74, 6) is 0.357. The van der Waals surface area contributed by atoms with Gasteiger partial charge < -0.3 is 10.1 Å². The van der Waals surface area contributed by atoms with Crippen LogP contribution in [0.25, 0.3) is 10.9 Å². The lowest BCUT2D eigenvalue weighted by atomic mass is 10.1. The van der Waals surface area contributed by atoms with E-state index in [1.54, 1.807) is 7.11 Å². The third-order valence-corrected chi connectivity index (χ3v) is 3.99. The summed E-state index contributed by atoms with van der Waals surface area (Å²) in [6.45, 7) is 4.50. The van der Waals surface area contributed by atoms with Crippen molar-refractivity contribution in [1.82, 2.24) is 10.3 Å². The predicted molar refractivity (Wildman–Crippen MR) is 86.7 cm³/mol. The van der Waals surface area contributed by atoms with Crippen LogP contribution in [-0.2, 0) is 9.53 Å². The monoisotopic (exact) mass is 304 g/mol. The van der Waals surface area contributed by atoms with E-state index in [2.05, 4.69) is 23.3 Å². The molecule has 1 aromatic heterocycles. The van der Waals surface area contributed by atoms with Gasteiger partial charge in [-0.25, -0.2) is 4.98 Å². The molecule has 0 aliphatic heterocycles. The zero-order chi connectivity index (χ0) is 15.2. The van der Waals surface area contributed by atoms with Gasteiger partial charge in [-0.2, -0.15) is 0 Å². The lowest BCUT2D eigenvalue weighted by molar-refractivity contribution is -0.119. The predicted octanol–water partition coefficient (Wildman–Crippen LogP) is 2.79. The second-order valence-electron chi connectivity index (χ2n) is 5.01. The number of thioether (sulfide) groups is 1. The van der Waals surface area contributed by atoms with Crippen LogP contribution in [0.3, 0.4) is 0 Å². The van der Waals surface area contributed by atoms with Crippen molar-refractivity contribution in [3.8, 4) is 0 Å². The van der Waals surface area contributed by atoms with Crippen molar-refractivity contribution in [2.45, 2.75) is 24.9 Å². The van der Waals surface area contributed by atoms with Gasteiger partial charge in [0.2, 0.25) is 5.91 Å². The quantitative estimate of drug-likeness (QED) is 0.834. The zero-order valence-corrected chi connectivity index (χ0v) is 13.4. The summed E-state index contributed by atoms with van der Waals surface area (Å²) in [7, 11) is 1.62. The summed E-state index contributed by atoms with van der Waals surface area (Å²) in [6.07, 6.45) is 0. The molecule has 0 saturated heterocycles. The van der Waals surface area contributed by atoms with Crippen LogP contribution in [0.5, 0.6) is 0 Å². The van der Waals surface area contributed by atoms with Crippen molar-refractivity contribution in [3.05, 3.63) is 35.9 Å². The molecule has 0 bridgehead atoms. The molecule has 5 heteroatoms. The van der Waals surface area contributed by atoms with Crippen LogP contribution in [-0.4, -0.2) is 36.4 Å². The van der Waals surface area contributed by atoms with Crippen LogP contribution in [0.2, 0.25) is 0 Å². The summed E-state index contributed by atoms with van der Waals surface area (Å²) >= 11 is 1.45. The van der Waals surface area contributed by atoms with Crippen molar-refractivity contribution < 1.29 is 9.53 Å². The van der Waals surface area contributed by atoms with E-state index < -0.39 is 0 Å². The molecule has 1 heterocycles. The molecular weight excluding hydrogens is 284 g/mol. The Morgan fingerprint density at radius 2 is 2.19 bits per heavy atom. The highest BCUT2D eigenvalue weighted by atomic mass is 32.2. The van der Waals surface area contributed by atoms with Gasteiger partial charge in [0.15, 0.2) is 0 Å². The number of pyridine rings is 1. The molecular formula is C16H20N2O2S. The van der Waals surface area contributed by atoms with Gasteiger partial charge in [0.1, 0.15) is 0 Å². The van der Waals surface area contributed by atoms with E-state index in [4.69, 9.17) is 4.74 Å². The topological polar surface area (TPSA) is 51.2 Å². The number of nitrogens with zero attached hydrogens (tertiary/aromatic N) is 1. The molecule has 1 unspecified atom stereocenters. The number of fused-ring (bicyclic) bond motifs is 1. The van der Waals surface area contributed by atoms with Crippen molar-refractivity contribution in [3.63, 3.8) is 0 Å². The van der Waals surface area contributed by atoms with Crippen LogP contribution in [0, 0.1) is 6.92 Å². The summed E-state index contributed by atoms with van der Waals surface area (Å²) < 4.78 is 5.00. The van der Waals surface area contributed by atoms with Gasteiger partial charge in [-0.3, -0.25) is 4.79 Å². The van der Waals surface area contributed by atoms with E-state index in [9.17, 15) is 4.79 Å². The maximum Gasteiger partial charge on any atom is 0.230 e. The Bertz CT molecular complexity index is 631. The van der Waals surface area contributed by atoms with Gasteiger partial charge in [0.25, 0.3) is 0 Å². The number of carbonyl (C=O) groups excluding carboxylic acids is 1. The van der Waals surface area contributed by atoms with Crippen molar-refractivity contribution >= 4 is 28.6 Å². The zero-order valence-electron chi connectivity index (χ0n) is 12.6. The van der Waals surface area contributed by atoms with E-state index in [1.807, 2.05) is 31.2 Å². The molecule has 21 heavy (non-hydrogen) atoms. The lowest BCUT2D eigenvalue weighted by Gasteiger charge is -2.12. The van der Waals surface area contributed by atoms with E-state index in [0.29, 0.717) is 12.4 Å². The van der Waals surface area contributed by atoms with Crippen LogP contribution < -0.4 is 5.32 Å². The molecule has 2 aromatic rings. The molecule has 1 aromatic carbocycles. The maximum atomic E-state index is 11.8. The Balaban J connectivity index is 1.99. The maximum absolute atomic E-state index is 11.8. The van der Waals surface area contributed by atoms with Crippen molar-refractivity contribution in [2.75, 3.05) is 19.5 Å². The van der Waals surface area contributed by atoms with E-state index in [-0.39, 0.29) is 11.9 Å². The molecule has 1 amide bonds. The molecule has 0 aliphatic carbocycles. The van der Waals surface area contributed by atoms with Crippen molar-refractivity contribution in [2.24, 2.45) is 0 Å². The van der Waals surface area contributed by atoms with Crippen LogP contribution in [0.15, 0.2) is 35.4 Å². The molecule has 112 valence electrons. The smallest absolute Gasteiger partial charge is 0.230 e. The summed E-state index contributed by atoms with van der Waals surface area (Å²) in [6, 6.07) is 10.1. The third kappa shape index (κ3) is 4.44. The molecule has 0 radical (unpaired) electrons. The number of methoxy groups -OCH3 is 1. The summed E-state index contributed by atoms with van der Waals surface area (Å²) in [5.41, 5.74) is 2.14. The highest BCUT2D eigenvalue weighted by Crippen LogP contribution is 2.23. The number of benzene rings is 1. The number of hydrogen-bond acceptors (Lipinski definition) is 4. The highest BCUT2D eigenvalue weighted by Gasteiger charge is 2.09. The van der Waals surface area contributed by atoms with Crippen LogP contribution in [0.4, 0.5) is 0 Å². The first-order valence-corrected chi connectivity index (χ1v) is 7.86. The number of rotatable bonds is 6. The minimum Gasteiger partial charge on any atom is -0.383 e. The molecule has 0 saturated carbocycles. The second kappa shape index (κ2) is 7.43. The second-order valence-corrected chi connectivity index (χ2v) is 6.00. The average Bonchev–Trinajstić information content (AvgIpc) is 2.45. The van der Waals surface area contributed by atoms with Gasteiger partial charge in [-0.05, 0) is 31.5 Å². The number of nitrogens with one attached hydrogen (secondary N) is 1. The Hall–Kier alpha value is -1.59. The van der Waals surface area contributed by atoms with Gasteiger partial charge in [-0.1, -0.05) is 30.0 Å². The molecule has 2 rings (SSSR count). The highest BCUT2D eigenvalue weighted by molar-refractivity contribution is 7.99. The Morgan fingerprint density at radius 1 is 1.43 bits per heavy atom. The molecule has 0 fully saturated rings. The van der Waals surface area contributed by atoms with E-state index >= 15 is 0 Å². The van der Waals surface area contributed by atoms with Crippen LogP contribution >= 0.6 is 11.8 Å². The lowest BCUT2D eigenvalue weighted by Crippen LogP contribution is -2.36.